The van der Waals surface area contributed by atoms with Crippen LogP contribution in [0.5, 0.6) is 0 Å². The number of Topliss-reactive ketones (excluding diaryl/α,β-unsaturated/α-hetero) is 2. The molecule has 0 N–H and O–H groups in total. The Kier molecular flexibility index (Phi) is 2.87. The molecule has 0 heterocycles. The smallest absolute Gasteiger partial charge is 0.272 e. The molecule has 0 atom stereocenters. The summed E-state index contributed by atoms with van der Waals surface area (Å²) in [6.07, 6.45) is 9.14. The van der Waals surface area contributed by atoms with Crippen LogP contribution in [-0.2, 0) is 9.59 Å². The summed E-state index contributed by atoms with van der Waals surface area (Å²) in [5.74, 6) is 2.13. The van der Waals surface area contributed by atoms with Crippen LogP contribution < -0.4 is 0 Å². The van der Waals surface area contributed by atoms with E-state index in [0.717, 1.165) is 0 Å². The third-order valence-corrected chi connectivity index (χ3v) is 0.647. The second-order valence-corrected chi connectivity index (χ2v) is 1.28. The SMILES string of the molecule is C#CCC(=O)C(=O)C#C. The number of rotatable bonds is 2. The lowest BCUT2D eigenvalue weighted by Crippen LogP contribution is -2.09. The van der Waals surface area contributed by atoms with Crippen LogP contribution in [0.2, 0.25) is 0 Å². The summed E-state index contributed by atoms with van der Waals surface area (Å²) in [7, 11) is 0. The van der Waals surface area contributed by atoms with Crippen molar-refractivity contribution in [3.63, 3.8) is 0 Å². The Hall–Kier alpha value is -1.54. The summed E-state index contributed by atoms with van der Waals surface area (Å²) in [6, 6.07) is 0. The summed E-state index contributed by atoms with van der Waals surface area (Å²) in [6.45, 7) is 0. The quantitative estimate of drug-likeness (QED) is 0.287. The molecule has 0 saturated carbocycles. The Labute approximate surface area is 53.3 Å². The normalized spacial score (nSPS) is 6.89. The number of ketones is 2. The highest BCUT2D eigenvalue weighted by atomic mass is 16.2. The van der Waals surface area contributed by atoms with Crippen molar-refractivity contribution in [2.24, 2.45) is 0 Å². The van der Waals surface area contributed by atoms with Gasteiger partial charge in [-0.2, -0.15) is 0 Å². The first-order chi connectivity index (χ1) is 4.22. The van der Waals surface area contributed by atoms with Crippen molar-refractivity contribution >= 4 is 11.6 Å². The molecule has 0 aromatic heterocycles. The first kappa shape index (κ1) is 7.46. The summed E-state index contributed by atoms with van der Waals surface area (Å²) >= 11 is 0. The van der Waals surface area contributed by atoms with Gasteiger partial charge < -0.3 is 0 Å². The van der Waals surface area contributed by atoms with Crippen molar-refractivity contribution in [1.82, 2.24) is 0 Å². The lowest BCUT2D eigenvalue weighted by Gasteiger charge is -1.81. The molecule has 0 aliphatic rings. The molecule has 0 aromatic carbocycles. The molecule has 0 aliphatic heterocycles. The van der Waals surface area contributed by atoms with E-state index in [2.05, 4.69) is 6.42 Å². The largest absolute Gasteiger partial charge is 0.289 e. The lowest BCUT2D eigenvalue weighted by molar-refractivity contribution is -0.132. The zero-order chi connectivity index (χ0) is 7.28. The van der Waals surface area contributed by atoms with Crippen LogP contribution in [0.3, 0.4) is 0 Å². The van der Waals surface area contributed by atoms with Crippen molar-refractivity contribution in [2.45, 2.75) is 6.42 Å². The van der Waals surface area contributed by atoms with E-state index in [1.165, 1.54) is 0 Å². The minimum Gasteiger partial charge on any atom is -0.289 e. The van der Waals surface area contributed by atoms with E-state index >= 15 is 0 Å². The Morgan fingerprint density at radius 2 is 1.89 bits per heavy atom. The van der Waals surface area contributed by atoms with E-state index in [1.54, 1.807) is 5.92 Å². The van der Waals surface area contributed by atoms with Gasteiger partial charge in [0.15, 0.2) is 0 Å². The van der Waals surface area contributed by atoms with Crippen LogP contribution in [0.1, 0.15) is 6.42 Å². The number of hydrogen-bond acceptors (Lipinski definition) is 2. The average molecular weight is 120 g/mol. The summed E-state index contributed by atoms with van der Waals surface area (Å²) in [4.78, 5) is 20.6. The Morgan fingerprint density at radius 3 is 2.22 bits per heavy atom. The zero-order valence-electron chi connectivity index (χ0n) is 4.68. The molecule has 2 heteroatoms. The molecule has 0 aliphatic carbocycles. The molecule has 2 nitrogen and oxygen atoms in total. The van der Waals surface area contributed by atoms with Crippen molar-refractivity contribution < 1.29 is 9.59 Å². The molecule has 0 aromatic rings. The number of terminal acetylenes is 2. The molecule has 0 spiro atoms. The Balaban J connectivity index is 3.97. The Morgan fingerprint density at radius 1 is 1.33 bits per heavy atom. The highest BCUT2D eigenvalue weighted by Crippen LogP contribution is 1.80. The standard InChI is InChI=1S/C7H4O2/c1-3-5-7(9)6(8)4-2/h1-2H,5H2. The molecular weight excluding hydrogens is 116 g/mol. The fraction of sp³-hybridized carbons (Fsp3) is 0.143. The topological polar surface area (TPSA) is 34.1 Å². The molecule has 9 heavy (non-hydrogen) atoms. The van der Waals surface area contributed by atoms with Crippen molar-refractivity contribution in [1.29, 1.82) is 0 Å². The summed E-state index contributed by atoms with van der Waals surface area (Å²) < 4.78 is 0. The second-order valence-electron chi connectivity index (χ2n) is 1.28. The minimum atomic E-state index is -0.854. The van der Waals surface area contributed by atoms with Crippen molar-refractivity contribution in [3.05, 3.63) is 0 Å². The van der Waals surface area contributed by atoms with Crippen molar-refractivity contribution in [3.8, 4) is 24.7 Å². The van der Waals surface area contributed by atoms with Crippen molar-refractivity contribution in [2.75, 3.05) is 0 Å². The number of carbonyl (C=O) groups is 2. The zero-order valence-corrected chi connectivity index (χ0v) is 4.68. The van der Waals surface area contributed by atoms with E-state index in [0.29, 0.717) is 0 Å². The van der Waals surface area contributed by atoms with E-state index in [-0.39, 0.29) is 6.42 Å². The summed E-state index contributed by atoms with van der Waals surface area (Å²) in [5.41, 5.74) is 0. The minimum absolute atomic E-state index is 0.205. The van der Waals surface area contributed by atoms with E-state index in [1.807, 2.05) is 5.92 Å². The molecule has 44 valence electrons. The van der Waals surface area contributed by atoms with E-state index in [4.69, 9.17) is 6.42 Å². The van der Waals surface area contributed by atoms with Gasteiger partial charge in [0.25, 0.3) is 5.78 Å². The van der Waals surface area contributed by atoms with Gasteiger partial charge >= 0.3 is 0 Å². The average Bonchev–Trinajstić information content (AvgIpc) is 1.87. The fourth-order valence-corrected chi connectivity index (χ4v) is 0.253. The van der Waals surface area contributed by atoms with E-state index in [9.17, 15) is 9.59 Å². The van der Waals surface area contributed by atoms with Gasteiger partial charge in [-0.3, -0.25) is 9.59 Å². The Bertz CT molecular complexity index is 212. The van der Waals surface area contributed by atoms with Crippen LogP contribution >= 0.6 is 0 Å². The summed E-state index contributed by atoms with van der Waals surface area (Å²) in [5, 5.41) is 0. The molecule has 0 fully saturated rings. The van der Waals surface area contributed by atoms with Gasteiger partial charge in [0, 0.05) is 0 Å². The van der Waals surface area contributed by atoms with Gasteiger partial charge in [-0.15, -0.1) is 12.8 Å². The maximum atomic E-state index is 10.3. The van der Waals surface area contributed by atoms with Gasteiger partial charge in [0.2, 0.25) is 5.78 Å². The second kappa shape index (κ2) is 3.46. The van der Waals surface area contributed by atoms with Gasteiger partial charge in [0.05, 0.1) is 6.42 Å². The van der Waals surface area contributed by atoms with Gasteiger partial charge in [-0.1, -0.05) is 5.92 Å². The monoisotopic (exact) mass is 120 g/mol. The third kappa shape index (κ3) is 2.31. The molecule has 0 amide bonds. The first-order valence-electron chi connectivity index (χ1n) is 2.19. The highest BCUT2D eigenvalue weighted by molar-refractivity contribution is 6.44. The lowest BCUT2D eigenvalue weighted by atomic mass is 10.2. The first-order valence-corrected chi connectivity index (χ1v) is 2.19. The van der Waals surface area contributed by atoms with Crippen LogP contribution in [0.15, 0.2) is 0 Å². The van der Waals surface area contributed by atoms with E-state index < -0.39 is 11.6 Å². The van der Waals surface area contributed by atoms with Gasteiger partial charge in [0.1, 0.15) is 0 Å². The highest BCUT2D eigenvalue weighted by Gasteiger charge is 2.06. The van der Waals surface area contributed by atoms with Crippen LogP contribution in [-0.4, -0.2) is 11.6 Å². The molecule has 0 unspecified atom stereocenters. The fourth-order valence-electron chi connectivity index (χ4n) is 0.253. The number of hydrogen-bond donors (Lipinski definition) is 0. The molecule has 0 saturated heterocycles. The van der Waals surface area contributed by atoms with Gasteiger partial charge in [-0.25, -0.2) is 0 Å². The predicted octanol–water partition coefficient (Wildman–Crippen LogP) is -0.219. The third-order valence-electron chi connectivity index (χ3n) is 0.647. The molecule has 0 radical (unpaired) electrons. The van der Waals surface area contributed by atoms with Gasteiger partial charge in [-0.05, 0) is 5.92 Å². The van der Waals surface area contributed by atoms with Crippen LogP contribution in [0.25, 0.3) is 0 Å². The molecule has 0 bridgehead atoms. The van der Waals surface area contributed by atoms with Crippen LogP contribution in [0, 0.1) is 24.7 Å². The maximum Gasteiger partial charge on any atom is 0.272 e. The number of carbonyl (C=O) groups excluding carboxylic acids is 2. The maximum absolute atomic E-state index is 10.3. The molecule has 0 rings (SSSR count). The predicted molar refractivity (Wildman–Crippen MR) is 32.3 cm³/mol. The molecular formula is C7H4O2. The van der Waals surface area contributed by atoms with Crippen LogP contribution in [0.4, 0.5) is 0 Å².